The van der Waals surface area contributed by atoms with E-state index in [4.69, 9.17) is 0 Å². The van der Waals surface area contributed by atoms with Crippen molar-refractivity contribution in [1.29, 1.82) is 0 Å². The minimum Gasteiger partial charge on any atom is -0.350 e. The van der Waals surface area contributed by atoms with Crippen LogP contribution in [0.5, 0.6) is 0 Å². The first-order valence-corrected chi connectivity index (χ1v) is 10.2. The van der Waals surface area contributed by atoms with Crippen molar-refractivity contribution in [2.24, 2.45) is 0 Å². The molecule has 3 aromatic rings. The molecule has 2 aromatic heterocycles. The zero-order chi connectivity index (χ0) is 17.8. The highest BCUT2D eigenvalue weighted by Gasteiger charge is 2.21. The maximum atomic E-state index is 12.6. The first-order chi connectivity index (χ1) is 12.0. The molecule has 0 saturated heterocycles. The summed E-state index contributed by atoms with van der Waals surface area (Å²) in [6.45, 7) is 4.00. The number of hydrogen-bond donors (Lipinski definition) is 1. The van der Waals surface area contributed by atoms with Crippen molar-refractivity contribution in [3.05, 3.63) is 58.0 Å². The van der Waals surface area contributed by atoms with Crippen LogP contribution in [0.25, 0.3) is 11.0 Å². The van der Waals surface area contributed by atoms with Crippen LogP contribution in [0.4, 0.5) is 0 Å². The molecule has 0 unspecified atom stereocenters. The molecule has 0 bridgehead atoms. The lowest BCUT2D eigenvalue weighted by molar-refractivity contribution is -0.120. The van der Waals surface area contributed by atoms with Crippen molar-refractivity contribution in [3.63, 3.8) is 0 Å². The zero-order valence-corrected chi connectivity index (χ0v) is 15.7. The smallest absolute Gasteiger partial charge is 0.235 e. The first kappa shape index (κ1) is 17.7. The van der Waals surface area contributed by atoms with E-state index in [2.05, 4.69) is 15.3 Å². The lowest BCUT2D eigenvalue weighted by Crippen LogP contribution is -2.35. The van der Waals surface area contributed by atoms with Gasteiger partial charge in [0.25, 0.3) is 0 Å². The largest absolute Gasteiger partial charge is 0.350 e. The van der Waals surface area contributed by atoms with E-state index in [-0.39, 0.29) is 11.7 Å². The summed E-state index contributed by atoms with van der Waals surface area (Å²) in [4.78, 5) is 22.4. The number of aromatic nitrogens is 2. The number of nitrogens with zero attached hydrogens (tertiary/aromatic N) is 2. The Balaban J connectivity index is 1.66. The summed E-state index contributed by atoms with van der Waals surface area (Å²) >= 11 is 1.58. The fourth-order valence-electron chi connectivity index (χ4n) is 2.37. The molecule has 0 aliphatic carbocycles. The van der Waals surface area contributed by atoms with Gasteiger partial charge in [-0.3, -0.25) is 9.00 Å². The average molecular weight is 374 g/mol. The maximum Gasteiger partial charge on any atom is 0.235 e. The highest BCUT2D eigenvalue weighted by molar-refractivity contribution is 7.85. The zero-order valence-electron chi connectivity index (χ0n) is 14.1. The maximum absolute atomic E-state index is 12.6. The fourth-order valence-corrected chi connectivity index (χ4v) is 4.13. The third-order valence-electron chi connectivity index (χ3n) is 3.90. The molecule has 1 N–H and O–H groups in total. The second-order valence-corrected chi connectivity index (χ2v) is 8.50. The summed E-state index contributed by atoms with van der Waals surface area (Å²) in [6.07, 6.45) is 0. The van der Waals surface area contributed by atoms with Gasteiger partial charge < -0.3 is 5.32 Å². The van der Waals surface area contributed by atoms with Crippen molar-refractivity contribution >= 4 is 39.1 Å². The van der Waals surface area contributed by atoms with Crippen molar-refractivity contribution in [1.82, 2.24) is 15.3 Å². The number of benzene rings is 1. The third-order valence-corrected chi connectivity index (χ3v) is 6.34. The normalized spacial score (nSPS) is 13.5. The van der Waals surface area contributed by atoms with E-state index in [1.165, 1.54) is 0 Å². The fraction of sp³-hybridized carbons (Fsp3) is 0.278. The standard InChI is InChI=1S/C18H19N3O2S2/c1-12-17(21-16-8-4-3-7-15(16)20-12)11-25(23)13(2)18(22)19-10-14-6-5-9-24-14/h3-9,13H,10-11H2,1-2H3,(H,19,22)/t13-,25+/m0/s1. The Morgan fingerprint density at radius 1 is 1.20 bits per heavy atom. The number of carbonyl (C=O) groups is 1. The van der Waals surface area contributed by atoms with Gasteiger partial charge in [0.15, 0.2) is 0 Å². The molecule has 0 radical (unpaired) electrons. The highest BCUT2D eigenvalue weighted by Crippen LogP contribution is 2.15. The minimum atomic E-state index is -1.36. The summed E-state index contributed by atoms with van der Waals surface area (Å²) < 4.78 is 12.6. The Kier molecular flexibility index (Phi) is 5.55. The van der Waals surface area contributed by atoms with Gasteiger partial charge in [0.05, 0.1) is 34.7 Å². The Bertz CT molecular complexity index is 910. The first-order valence-electron chi connectivity index (χ1n) is 7.94. The number of carbonyl (C=O) groups excluding carboxylic acids is 1. The second-order valence-electron chi connectivity index (χ2n) is 5.71. The van der Waals surface area contributed by atoms with Gasteiger partial charge in [-0.25, -0.2) is 9.97 Å². The molecule has 0 spiro atoms. The Morgan fingerprint density at radius 3 is 2.60 bits per heavy atom. The molecular weight excluding hydrogens is 354 g/mol. The Hall–Kier alpha value is -2.12. The molecule has 0 saturated carbocycles. The summed E-state index contributed by atoms with van der Waals surface area (Å²) in [5.74, 6) is 0.00944. The number of para-hydroxylation sites is 2. The van der Waals surface area contributed by atoms with Crippen molar-refractivity contribution in [3.8, 4) is 0 Å². The van der Waals surface area contributed by atoms with Crippen LogP contribution in [0.1, 0.15) is 23.2 Å². The molecule has 3 rings (SSSR count). The molecule has 5 nitrogen and oxygen atoms in total. The van der Waals surface area contributed by atoms with Crippen LogP contribution in [0.3, 0.4) is 0 Å². The monoisotopic (exact) mass is 373 g/mol. The topological polar surface area (TPSA) is 72.0 Å². The van der Waals surface area contributed by atoms with Crippen LogP contribution in [0.15, 0.2) is 41.8 Å². The van der Waals surface area contributed by atoms with Crippen molar-refractivity contribution in [2.45, 2.75) is 31.4 Å². The van der Waals surface area contributed by atoms with Crippen LogP contribution in [-0.2, 0) is 27.9 Å². The van der Waals surface area contributed by atoms with Crippen LogP contribution in [0.2, 0.25) is 0 Å². The van der Waals surface area contributed by atoms with E-state index >= 15 is 0 Å². The molecule has 1 amide bonds. The van der Waals surface area contributed by atoms with E-state index in [0.717, 1.165) is 21.6 Å². The molecule has 1 aromatic carbocycles. The molecule has 25 heavy (non-hydrogen) atoms. The quantitative estimate of drug-likeness (QED) is 0.721. The molecule has 130 valence electrons. The van der Waals surface area contributed by atoms with Crippen LogP contribution in [0, 0.1) is 6.92 Å². The number of hydrogen-bond acceptors (Lipinski definition) is 5. The molecule has 0 aliphatic heterocycles. The number of aryl methyl sites for hydroxylation is 1. The number of nitrogens with one attached hydrogen (secondary N) is 1. The third kappa shape index (κ3) is 4.29. The Labute approximate surface area is 153 Å². The number of amides is 1. The van der Waals surface area contributed by atoms with Crippen molar-refractivity contribution < 1.29 is 9.00 Å². The SMILES string of the molecule is Cc1nc2ccccc2nc1C[S@@](=O)[C@@H](C)C(=O)NCc1cccs1. The number of thiophene rings is 1. The van der Waals surface area contributed by atoms with Gasteiger partial charge >= 0.3 is 0 Å². The van der Waals surface area contributed by atoms with Crippen LogP contribution < -0.4 is 5.32 Å². The molecule has 2 heterocycles. The molecule has 2 atom stereocenters. The van der Waals surface area contributed by atoms with E-state index in [9.17, 15) is 9.00 Å². The van der Waals surface area contributed by atoms with Crippen molar-refractivity contribution in [2.75, 3.05) is 0 Å². The summed E-state index contributed by atoms with van der Waals surface area (Å²) in [6, 6.07) is 11.5. The summed E-state index contributed by atoms with van der Waals surface area (Å²) in [7, 11) is -1.36. The molecule has 0 fully saturated rings. The van der Waals surface area contributed by atoms with Crippen LogP contribution in [-0.4, -0.2) is 25.3 Å². The van der Waals surface area contributed by atoms with E-state index in [0.29, 0.717) is 12.2 Å². The number of rotatable bonds is 6. The number of fused-ring (bicyclic) bond motifs is 1. The van der Waals surface area contributed by atoms with Gasteiger partial charge in [-0.2, -0.15) is 0 Å². The predicted octanol–water partition coefficient (Wildman–Crippen LogP) is 2.95. The van der Waals surface area contributed by atoms with Gasteiger partial charge in [0, 0.05) is 15.7 Å². The van der Waals surface area contributed by atoms with E-state index in [1.54, 1.807) is 18.3 Å². The van der Waals surface area contributed by atoms with Gasteiger partial charge in [-0.1, -0.05) is 18.2 Å². The minimum absolute atomic E-state index is 0.210. The lowest BCUT2D eigenvalue weighted by atomic mass is 10.2. The lowest BCUT2D eigenvalue weighted by Gasteiger charge is -2.12. The average Bonchev–Trinajstić information content (AvgIpc) is 3.13. The Morgan fingerprint density at radius 2 is 1.92 bits per heavy atom. The second kappa shape index (κ2) is 7.84. The predicted molar refractivity (Wildman–Crippen MR) is 102 cm³/mol. The van der Waals surface area contributed by atoms with Crippen LogP contribution >= 0.6 is 11.3 Å². The summed E-state index contributed by atoms with van der Waals surface area (Å²) in [5.41, 5.74) is 3.01. The highest BCUT2D eigenvalue weighted by atomic mass is 32.2. The molecular formula is C18H19N3O2S2. The van der Waals surface area contributed by atoms with E-state index < -0.39 is 16.0 Å². The molecule has 0 aliphatic rings. The van der Waals surface area contributed by atoms with Gasteiger partial charge in [-0.05, 0) is 37.4 Å². The molecule has 7 heteroatoms. The van der Waals surface area contributed by atoms with Gasteiger partial charge in [-0.15, -0.1) is 11.3 Å². The van der Waals surface area contributed by atoms with Gasteiger partial charge in [0.2, 0.25) is 5.91 Å². The van der Waals surface area contributed by atoms with Gasteiger partial charge in [0.1, 0.15) is 5.25 Å². The summed E-state index contributed by atoms with van der Waals surface area (Å²) in [5, 5.41) is 4.20. The van der Waals surface area contributed by atoms with E-state index in [1.807, 2.05) is 48.7 Å².